The third-order valence-electron chi connectivity index (χ3n) is 11.4. The standard InChI is InChI=1S/C55H37N3O/c1-34-16-20-38(21-17-34)47-33-48(58-55(57-47)42-22-18-35(2)19-23-42)39-26-30-41(31-27-39)54-45-32-50-53(44-13-7-9-15-49(44)59-50)51(52(45)43-12-6-8-14-46(43)56-54)40-28-24-37(25-29-40)36-10-4-3-5-11-36/h3-33H,1-2H3. The fraction of sp³-hybridized carbons (Fsp3) is 0.0364. The lowest BCUT2D eigenvalue weighted by Gasteiger charge is -2.16. The lowest BCUT2D eigenvalue weighted by Crippen LogP contribution is -1.96. The van der Waals surface area contributed by atoms with Crippen molar-refractivity contribution in [1.82, 2.24) is 15.0 Å². The smallest absolute Gasteiger partial charge is 0.160 e. The van der Waals surface area contributed by atoms with Crippen LogP contribution >= 0.6 is 0 Å². The Morgan fingerprint density at radius 2 is 0.881 bits per heavy atom. The lowest BCUT2D eigenvalue weighted by atomic mass is 9.89. The number of pyridine rings is 1. The number of aryl methyl sites for hydroxylation is 2. The third-order valence-corrected chi connectivity index (χ3v) is 11.4. The molecule has 0 aliphatic heterocycles. The van der Waals surface area contributed by atoms with Crippen molar-refractivity contribution in [2.45, 2.75) is 13.8 Å². The molecular formula is C55H37N3O. The van der Waals surface area contributed by atoms with Gasteiger partial charge in [0.25, 0.3) is 0 Å². The van der Waals surface area contributed by atoms with Gasteiger partial charge in [-0.25, -0.2) is 15.0 Å². The lowest BCUT2D eigenvalue weighted by molar-refractivity contribution is 0.669. The molecule has 0 amide bonds. The van der Waals surface area contributed by atoms with E-state index in [1.54, 1.807) is 0 Å². The fourth-order valence-corrected chi connectivity index (χ4v) is 8.38. The third kappa shape index (κ3) is 6.14. The molecule has 0 bridgehead atoms. The summed E-state index contributed by atoms with van der Waals surface area (Å²) in [6, 6.07) is 66.2. The van der Waals surface area contributed by atoms with E-state index in [1.165, 1.54) is 22.3 Å². The van der Waals surface area contributed by atoms with Gasteiger partial charge in [0.1, 0.15) is 11.2 Å². The van der Waals surface area contributed by atoms with Crippen molar-refractivity contribution < 1.29 is 4.42 Å². The molecule has 0 unspecified atom stereocenters. The average molecular weight is 756 g/mol. The number of hydrogen-bond donors (Lipinski definition) is 0. The molecule has 3 heterocycles. The molecule has 8 aromatic carbocycles. The monoisotopic (exact) mass is 755 g/mol. The van der Waals surface area contributed by atoms with Gasteiger partial charge in [-0.15, -0.1) is 0 Å². The fourth-order valence-electron chi connectivity index (χ4n) is 8.38. The van der Waals surface area contributed by atoms with E-state index in [0.717, 1.165) is 94.1 Å². The molecule has 0 saturated carbocycles. The van der Waals surface area contributed by atoms with Crippen molar-refractivity contribution in [3.8, 4) is 67.4 Å². The molecule has 59 heavy (non-hydrogen) atoms. The van der Waals surface area contributed by atoms with Crippen LogP contribution < -0.4 is 0 Å². The minimum atomic E-state index is 0.698. The molecule has 0 spiro atoms. The number of para-hydroxylation sites is 2. The van der Waals surface area contributed by atoms with E-state index in [4.69, 9.17) is 19.4 Å². The van der Waals surface area contributed by atoms with Crippen LogP contribution in [0.2, 0.25) is 0 Å². The molecular weight excluding hydrogens is 719 g/mol. The first-order valence-electron chi connectivity index (χ1n) is 20.0. The van der Waals surface area contributed by atoms with Gasteiger partial charge in [-0.05, 0) is 54.8 Å². The maximum absolute atomic E-state index is 6.66. The first-order chi connectivity index (χ1) is 29.0. The summed E-state index contributed by atoms with van der Waals surface area (Å²) in [6.45, 7) is 4.20. The molecule has 11 aromatic rings. The number of benzene rings is 8. The quantitative estimate of drug-likeness (QED) is 0.159. The first kappa shape index (κ1) is 34.5. The predicted octanol–water partition coefficient (Wildman–Crippen LogP) is 14.7. The van der Waals surface area contributed by atoms with Crippen molar-refractivity contribution in [3.05, 3.63) is 199 Å². The van der Waals surface area contributed by atoms with E-state index >= 15 is 0 Å². The van der Waals surface area contributed by atoms with Crippen LogP contribution in [0.4, 0.5) is 0 Å². The zero-order chi connectivity index (χ0) is 39.5. The molecule has 0 aliphatic carbocycles. The predicted molar refractivity (Wildman–Crippen MR) is 244 cm³/mol. The molecule has 0 fully saturated rings. The van der Waals surface area contributed by atoms with Gasteiger partial charge in [-0.1, -0.05) is 175 Å². The molecule has 0 N–H and O–H groups in total. The average Bonchev–Trinajstić information content (AvgIpc) is 3.67. The summed E-state index contributed by atoms with van der Waals surface area (Å²) in [7, 11) is 0. The first-order valence-corrected chi connectivity index (χ1v) is 20.0. The molecule has 4 nitrogen and oxygen atoms in total. The highest BCUT2D eigenvalue weighted by Crippen LogP contribution is 2.46. The van der Waals surface area contributed by atoms with Crippen molar-refractivity contribution in [3.63, 3.8) is 0 Å². The molecule has 0 aliphatic rings. The summed E-state index contributed by atoms with van der Waals surface area (Å²) in [5, 5.41) is 5.50. The topological polar surface area (TPSA) is 51.8 Å². The van der Waals surface area contributed by atoms with E-state index in [0.29, 0.717) is 5.82 Å². The highest BCUT2D eigenvalue weighted by molar-refractivity contribution is 6.27. The van der Waals surface area contributed by atoms with Gasteiger partial charge in [-0.3, -0.25) is 0 Å². The molecule has 0 atom stereocenters. The van der Waals surface area contributed by atoms with Crippen LogP contribution in [0, 0.1) is 13.8 Å². The maximum atomic E-state index is 6.66. The Balaban J connectivity index is 1.11. The zero-order valence-electron chi connectivity index (χ0n) is 32.6. The van der Waals surface area contributed by atoms with Gasteiger partial charge >= 0.3 is 0 Å². The van der Waals surface area contributed by atoms with Crippen LogP contribution in [0.1, 0.15) is 11.1 Å². The van der Waals surface area contributed by atoms with E-state index in [9.17, 15) is 0 Å². The Morgan fingerprint density at radius 3 is 1.58 bits per heavy atom. The maximum Gasteiger partial charge on any atom is 0.160 e. The summed E-state index contributed by atoms with van der Waals surface area (Å²) in [6.07, 6.45) is 0. The van der Waals surface area contributed by atoms with E-state index in [1.807, 2.05) is 6.07 Å². The van der Waals surface area contributed by atoms with Crippen LogP contribution in [0.3, 0.4) is 0 Å². The molecule has 0 saturated heterocycles. The second-order valence-corrected chi connectivity index (χ2v) is 15.3. The van der Waals surface area contributed by atoms with Crippen molar-refractivity contribution in [1.29, 1.82) is 0 Å². The van der Waals surface area contributed by atoms with Gasteiger partial charge in [0.15, 0.2) is 5.82 Å². The van der Waals surface area contributed by atoms with E-state index in [2.05, 4.69) is 196 Å². The van der Waals surface area contributed by atoms with Crippen LogP contribution in [-0.2, 0) is 0 Å². The summed E-state index contributed by atoms with van der Waals surface area (Å²) >= 11 is 0. The number of rotatable bonds is 6. The molecule has 3 aromatic heterocycles. The normalized spacial score (nSPS) is 11.6. The van der Waals surface area contributed by atoms with Crippen molar-refractivity contribution in [2.75, 3.05) is 0 Å². The van der Waals surface area contributed by atoms with Gasteiger partial charge in [-0.2, -0.15) is 0 Å². The Bertz CT molecular complexity index is 3290. The Labute approximate surface area is 342 Å². The SMILES string of the molecule is Cc1ccc(-c2cc(-c3ccc(-c4nc5ccccc5c5c(-c6ccc(-c7ccccc7)cc6)c6c(cc45)oc4ccccc46)cc3)nc(-c3ccc(C)cc3)n2)cc1. The number of hydrogen-bond acceptors (Lipinski definition) is 4. The van der Waals surface area contributed by atoms with Crippen LogP contribution in [0.25, 0.3) is 111 Å². The van der Waals surface area contributed by atoms with Crippen molar-refractivity contribution >= 4 is 43.6 Å². The number of fused-ring (bicyclic) bond motifs is 6. The Hall–Kier alpha value is -7.69. The van der Waals surface area contributed by atoms with Gasteiger partial charge in [0.05, 0.1) is 22.6 Å². The van der Waals surface area contributed by atoms with Crippen molar-refractivity contribution in [2.24, 2.45) is 0 Å². The minimum Gasteiger partial charge on any atom is -0.456 e. The Kier molecular flexibility index (Phi) is 8.23. The number of nitrogens with zero attached hydrogens (tertiary/aromatic N) is 3. The highest BCUT2D eigenvalue weighted by Gasteiger charge is 2.22. The number of furan rings is 1. The van der Waals surface area contributed by atoms with Gasteiger partial charge in [0.2, 0.25) is 0 Å². The summed E-state index contributed by atoms with van der Waals surface area (Å²) < 4.78 is 6.66. The minimum absolute atomic E-state index is 0.698. The van der Waals surface area contributed by atoms with Crippen LogP contribution in [-0.4, -0.2) is 15.0 Å². The van der Waals surface area contributed by atoms with Crippen LogP contribution in [0.5, 0.6) is 0 Å². The molecule has 4 heteroatoms. The molecule has 11 rings (SSSR count). The van der Waals surface area contributed by atoms with E-state index < -0.39 is 0 Å². The summed E-state index contributed by atoms with van der Waals surface area (Å²) in [4.78, 5) is 15.6. The second kappa shape index (κ2) is 14.0. The Morgan fingerprint density at radius 1 is 0.356 bits per heavy atom. The van der Waals surface area contributed by atoms with Crippen LogP contribution in [0.15, 0.2) is 192 Å². The summed E-state index contributed by atoms with van der Waals surface area (Å²) in [5.41, 5.74) is 16.4. The molecule has 278 valence electrons. The van der Waals surface area contributed by atoms with E-state index in [-0.39, 0.29) is 0 Å². The summed E-state index contributed by atoms with van der Waals surface area (Å²) in [5.74, 6) is 0.698. The van der Waals surface area contributed by atoms with Gasteiger partial charge < -0.3 is 4.42 Å². The second-order valence-electron chi connectivity index (χ2n) is 15.3. The number of aromatic nitrogens is 3. The zero-order valence-corrected chi connectivity index (χ0v) is 32.6. The highest BCUT2D eigenvalue weighted by atomic mass is 16.3. The molecule has 0 radical (unpaired) electrons. The largest absolute Gasteiger partial charge is 0.456 e. The van der Waals surface area contributed by atoms with Gasteiger partial charge in [0, 0.05) is 54.7 Å².